The molecule has 0 bridgehead atoms. The highest BCUT2D eigenvalue weighted by Crippen LogP contribution is 2.39. The molecule has 0 atom stereocenters. The van der Waals surface area contributed by atoms with E-state index >= 15 is 0 Å². The Morgan fingerprint density at radius 2 is 1.36 bits per heavy atom. The van der Waals surface area contributed by atoms with Crippen molar-refractivity contribution in [2.24, 2.45) is 0 Å². The lowest BCUT2D eigenvalue weighted by Crippen LogP contribution is -2.28. The topological polar surface area (TPSA) is 49.4 Å². The summed E-state index contributed by atoms with van der Waals surface area (Å²) in [6, 6.07) is -0.596. The summed E-state index contributed by atoms with van der Waals surface area (Å²) < 4.78 is 76.3. The molecule has 2 rings (SSSR count). The van der Waals surface area contributed by atoms with E-state index in [1.165, 1.54) is 0 Å². The average molecular weight is 324 g/mol. The monoisotopic (exact) mass is 324 g/mol. The Balaban J connectivity index is 2.64. The van der Waals surface area contributed by atoms with Crippen LogP contribution in [0.2, 0.25) is 0 Å². The van der Waals surface area contributed by atoms with Crippen molar-refractivity contribution in [3.05, 3.63) is 41.6 Å². The highest BCUT2D eigenvalue weighted by molar-refractivity contribution is 6.21. The molecule has 10 heteroatoms. The zero-order valence-corrected chi connectivity index (χ0v) is 10.5. The summed E-state index contributed by atoms with van der Waals surface area (Å²) in [6.07, 6.45) is -10.1. The molecule has 0 radical (unpaired) electrons. The molecule has 1 aliphatic heterocycles. The molecule has 1 N–H and O–H groups in total. The number of urea groups is 1. The first kappa shape index (κ1) is 15.9. The number of imide groups is 1. The fraction of sp³-hybridized carbons (Fsp3) is 0.167. The smallest absolute Gasteiger partial charge is 0.272 e. The summed E-state index contributed by atoms with van der Waals surface area (Å²) in [5.74, 6) is -1.00. The number of carbonyl (C=O) groups is 2. The van der Waals surface area contributed by atoms with Crippen molar-refractivity contribution in [1.29, 1.82) is 0 Å². The van der Waals surface area contributed by atoms with Crippen LogP contribution in [-0.4, -0.2) is 11.9 Å². The van der Waals surface area contributed by atoms with Gasteiger partial charge in [-0.2, -0.15) is 26.3 Å². The summed E-state index contributed by atoms with van der Waals surface area (Å²) in [4.78, 5) is 23.1. The minimum atomic E-state index is -5.06. The van der Waals surface area contributed by atoms with Gasteiger partial charge in [0.2, 0.25) is 0 Å². The fourth-order valence-electron chi connectivity index (χ4n) is 1.79. The van der Waals surface area contributed by atoms with Gasteiger partial charge < -0.3 is 0 Å². The number of rotatable bonds is 1. The summed E-state index contributed by atoms with van der Waals surface area (Å²) >= 11 is 0. The lowest BCUT2D eigenvalue weighted by Gasteiger charge is -2.19. The Labute approximate surface area is 119 Å². The number of amides is 3. The second-order valence-corrected chi connectivity index (χ2v) is 4.31. The Bertz CT molecular complexity index is 645. The molecule has 0 spiro atoms. The van der Waals surface area contributed by atoms with Crippen molar-refractivity contribution >= 4 is 17.6 Å². The molecule has 1 aliphatic rings. The van der Waals surface area contributed by atoms with E-state index in [4.69, 9.17) is 0 Å². The molecule has 1 aromatic carbocycles. The molecule has 22 heavy (non-hydrogen) atoms. The minimum Gasteiger partial charge on any atom is -0.272 e. The van der Waals surface area contributed by atoms with Crippen molar-refractivity contribution in [3.8, 4) is 0 Å². The summed E-state index contributed by atoms with van der Waals surface area (Å²) in [5, 5.41) is 1.72. The number of anilines is 1. The maximum Gasteiger partial charge on any atom is 0.416 e. The van der Waals surface area contributed by atoms with E-state index in [0.29, 0.717) is 17.0 Å². The first-order chi connectivity index (χ1) is 9.91. The molecule has 0 aliphatic carbocycles. The van der Waals surface area contributed by atoms with Crippen LogP contribution in [0.4, 0.5) is 36.8 Å². The van der Waals surface area contributed by atoms with Gasteiger partial charge in [0.15, 0.2) is 0 Å². The lowest BCUT2D eigenvalue weighted by molar-refractivity contribution is -0.143. The fourth-order valence-corrected chi connectivity index (χ4v) is 1.79. The molecule has 118 valence electrons. The van der Waals surface area contributed by atoms with Gasteiger partial charge in [0.05, 0.1) is 16.8 Å². The van der Waals surface area contributed by atoms with Crippen molar-refractivity contribution in [1.82, 2.24) is 5.32 Å². The quantitative estimate of drug-likeness (QED) is 0.489. The largest absolute Gasteiger partial charge is 0.416 e. The minimum absolute atomic E-state index is 0.0813. The van der Waals surface area contributed by atoms with Crippen LogP contribution in [0.1, 0.15) is 11.1 Å². The van der Waals surface area contributed by atoms with Gasteiger partial charge in [-0.15, -0.1) is 0 Å². The normalized spacial score (nSPS) is 16.3. The Hall–Kier alpha value is -2.52. The summed E-state index contributed by atoms with van der Waals surface area (Å²) in [7, 11) is 0. The zero-order chi connectivity index (χ0) is 16.9. The second kappa shape index (κ2) is 4.75. The van der Waals surface area contributed by atoms with E-state index in [0.717, 1.165) is 0 Å². The molecule has 0 aromatic heterocycles. The van der Waals surface area contributed by atoms with Crippen LogP contribution >= 0.6 is 0 Å². The number of hydrogen-bond donors (Lipinski definition) is 1. The lowest BCUT2D eigenvalue weighted by atomic mass is 10.1. The van der Waals surface area contributed by atoms with Gasteiger partial charge in [-0.1, -0.05) is 6.58 Å². The molecule has 0 saturated carbocycles. The first-order valence-corrected chi connectivity index (χ1v) is 5.55. The molecular formula is C12H6F6N2O2. The number of benzene rings is 1. The van der Waals surface area contributed by atoms with Crippen LogP contribution in [-0.2, 0) is 17.1 Å². The van der Waals surface area contributed by atoms with E-state index in [-0.39, 0.29) is 6.07 Å². The maximum absolute atomic E-state index is 12.7. The zero-order valence-electron chi connectivity index (χ0n) is 10.5. The van der Waals surface area contributed by atoms with Gasteiger partial charge in [0.25, 0.3) is 5.91 Å². The third-order valence-electron chi connectivity index (χ3n) is 2.79. The van der Waals surface area contributed by atoms with E-state index in [9.17, 15) is 35.9 Å². The van der Waals surface area contributed by atoms with Crippen LogP contribution < -0.4 is 10.2 Å². The number of alkyl halides is 6. The molecule has 4 nitrogen and oxygen atoms in total. The Kier molecular flexibility index (Phi) is 3.42. The molecule has 3 amide bonds. The van der Waals surface area contributed by atoms with Crippen LogP contribution in [0.25, 0.3) is 0 Å². The molecule has 1 heterocycles. The molecule has 1 fully saturated rings. The predicted molar refractivity (Wildman–Crippen MR) is 61.6 cm³/mol. The van der Waals surface area contributed by atoms with E-state index < -0.39 is 46.8 Å². The summed E-state index contributed by atoms with van der Waals surface area (Å²) in [6.45, 7) is 3.16. The van der Waals surface area contributed by atoms with Gasteiger partial charge >= 0.3 is 18.4 Å². The molecule has 1 aromatic rings. The van der Waals surface area contributed by atoms with E-state index in [2.05, 4.69) is 6.58 Å². The maximum atomic E-state index is 12.7. The van der Waals surface area contributed by atoms with Gasteiger partial charge in [0, 0.05) is 0 Å². The van der Waals surface area contributed by atoms with Gasteiger partial charge in [-0.05, 0) is 18.2 Å². The number of nitrogens with zero attached hydrogens (tertiary/aromatic N) is 1. The third kappa shape index (κ3) is 2.76. The molecule has 0 unspecified atom stereocenters. The van der Waals surface area contributed by atoms with Crippen LogP contribution in [0.5, 0.6) is 0 Å². The SMILES string of the molecule is C=C1C(=O)NC(=O)N1c1cc(C(F)(F)F)cc(C(F)(F)F)c1. The predicted octanol–water partition coefficient (Wildman–Crippen LogP) is 3.29. The van der Waals surface area contributed by atoms with E-state index in [1.54, 1.807) is 5.32 Å². The van der Waals surface area contributed by atoms with Crippen molar-refractivity contribution < 1.29 is 35.9 Å². The number of nitrogens with one attached hydrogen (secondary N) is 1. The standard InChI is InChI=1S/C12H6F6N2O2/c1-5-9(21)19-10(22)20(5)8-3-6(11(13,14)15)2-7(4-8)12(16,17)18/h2-4H,1H2,(H,19,21,22). The molecule has 1 saturated heterocycles. The van der Waals surface area contributed by atoms with Crippen molar-refractivity contribution in [3.63, 3.8) is 0 Å². The third-order valence-corrected chi connectivity index (χ3v) is 2.79. The summed E-state index contributed by atoms with van der Waals surface area (Å²) in [5.41, 5.74) is -4.53. The van der Waals surface area contributed by atoms with Crippen LogP contribution in [0.3, 0.4) is 0 Å². The Morgan fingerprint density at radius 1 is 0.909 bits per heavy atom. The Morgan fingerprint density at radius 3 is 1.68 bits per heavy atom. The van der Waals surface area contributed by atoms with Gasteiger partial charge in [-0.25, -0.2) is 4.79 Å². The van der Waals surface area contributed by atoms with Crippen LogP contribution in [0, 0.1) is 0 Å². The van der Waals surface area contributed by atoms with E-state index in [1.807, 2.05) is 0 Å². The highest BCUT2D eigenvalue weighted by atomic mass is 19.4. The first-order valence-electron chi connectivity index (χ1n) is 5.55. The second-order valence-electron chi connectivity index (χ2n) is 4.31. The van der Waals surface area contributed by atoms with Gasteiger partial charge in [0.1, 0.15) is 5.70 Å². The highest BCUT2D eigenvalue weighted by Gasteiger charge is 2.40. The number of halogens is 6. The van der Waals surface area contributed by atoms with Crippen molar-refractivity contribution in [2.45, 2.75) is 12.4 Å². The van der Waals surface area contributed by atoms with Crippen LogP contribution in [0.15, 0.2) is 30.5 Å². The number of hydrogen-bond acceptors (Lipinski definition) is 2. The van der Waals surface area contributed by atoms with Crippen molar-refractivity contribution in [2.75, 3.05) is 4.90 Å². The number of carbonyl (C=O) groups excluding carboxylic acids is 2. The molecular weight excluding hydrogens is 318 g/mol. The average Bonchev–Trinajstić information content (AvgIpc) is 2.60. The van der Waals surface area contributed by atoms with Gasteiger partial charge in [-0.3, -0.25) is 15.0 Å².